The van der Waals surface area contributed by atoms with Crippen molar-refractivity contribution in [3.05, 3.63) is 94.8 Å². The summed E-state index contributed by atoms with van der Waals surface area (Å²) in [5, 5.41) is 0. The number of rotatable bonds is 8. The van der Waals surface area contributed by atoms with Crippen LogP contribution < -0.4 is 15.0 Å². The minimum atomic E-state index is -2.73. The van der Waals surface area contributed by atoms with Crippen molar-refractivity contribution in [1.82, 2.24) is 9.29 Å². The first kappa shape index (κ1) is 23.4. The molecule has 0 amide bonds. The molecular weight excluding hydrogens is 466 g/mol. The fourth-order valence-corrected chi connectivity index (χ4v) is 3.80. The number of thiol groups is 1. The van der Waals surface area contributed by atoms with Gasteiger partial charge in [-0.25, -0.2) is 21.9 Å². The number of pyridine rings is 1. The van der Waals surface area contributed by atoms with E-state index in [2.05, 4.69) is 4.72 Å². The van der Waals surface area contributed by atoms with E-state index in [1.165, 1.54) is 29.2 Å². The van der Waals surface area contributed by atoms with Gasteiger partial charge < -0.3 is 13.7 Å². The summed E-state index contributed by atoms with van der Waals surface area (Å²) in [6.45, 7) is 0.187. The highest BCUT2D eigenvalue weighted by atomic mass is 32.2. The molecule has 4 rings (SSSR count). The van der Waals surface area contributed by atoms with Crippen molar-refractivity contribution >= 4 is 10.9 Å². The molecule has 0 aliphatic heterocycles. The smallest absolute Gasteiger partial charge is 0.250 e. The van der Waals surface area contributed by atoms with Crippen LogP contribution in [0.5, 0.6) is 11.5 Å². The first-order chi connectivity index (χ1) is 16.3. The Morgan fingerprint density at radius 2 is 1.79 bits per heavy atom. The van der Waals surface area contributed by atoms with Crippen LogP contribution in [-0.2, 0) is 24.4 Å². The summed E-state index contributed by atoms with van der Waals surface area (Å²) in [6, 6.07) is 11.3. The largest absolute Gasteiger partial charge is 0.472 e. The number of benzene rings is 2. The number of aryl methyl sites for hydroxylation is 1. The monoisotopic (exact) mass is 486 g/mol. The predicted molar refractivity (Wildman–Crippen MR) is 123 cm³/mol. The Bertz CT molecular complexity index is 1450. The second kappa shape index (κ2) is 10.0. The van der Waals surface area contributed by atoms with Crippen molar-refractivity contribution in [3.63, 3.8) is 0 Å². The zero-order valence-electron chi connectivity index (χ0n) is 18.0. The zero-order chi connectivity index (χ0) is 24.2. The lowest BCUT2D eigenvalue weighted by Crippen LogP contribution is -2.16. The molecule has 0 saturated carbocycles. The van der Waals surface area contributed by atoms with E-state index in [0.29, 0.717) is 28.7 Å². The Morgan fingerprint density at radius 1 is 1.00 bits per heavy atom. The van der Waals surface area contributed by atoms with Crippen molar-refractivity contribution in [2.75, 3.05) is 6.54 Å². The number of hydrogen-bond donors (Lipinski definition) is 2. The van der Waals surface area contributed by atoms with Gasteiger partial charge in [0, 0.05) is 48.6 Å². The molecule has 0 aliphatic carbocycles. The summed E-state index contributed by atoms with van der Waals surface area (Å²) in [6.07, 6.45) is 4.99. The highest BCUT2D eigenvalue weighted by molar-refractivity contribution is 7.70. The molecule has 0 fully saturated rings. The maximum atomic E-state index is 14.3. The molecule has 0 unspecified atom stereocenters. The fraction of sp³-hybridized carbons (Fsp3) is 0.125. The fourth-order valence-electron chi connectivity index (χ4n) is 3.50. The van der Waals surface area contributed by atoms with Crippen molar-refractivity contribution < 1.29 is 26.4 Å². The summed E-state index contributed by atoms with van der Waals surface area (Å²) in [5.74, 6) is -1.51. The number of furan rings is 1. The molecule has 176 valence electrons. The molecule has 2 aromatic heterocycles. The van der Waals surface area contributed by atoms with Gasteiger partial charge in [0.1, 0.15) is 11.6 Å². The van der Waals surface area contributed by atoms with Crippen molar-refractivity contribution in [3.8, 4) is 33.8 Å². The maximum absolute atomic E-state index is 14.3. The average molecular weight is 486 g/mol. The van der Waals surface area contributed by atoms with E-state index >= 15 is 0 Å². The van der Waals surface area contributed by atoms with E-state index in [4.69, 9.17) is 9.15 Å². The van der Waals surface area contributed by atoms with Gasteiger partial charge >= 0.3 is 0 Å². The van der Waals surface area contributed by atoms with E-state index in [0.717, 1.165) is 17.7 Å². The highest BCUT2D eigenvalue weighted by Crippen LogP contribution is 2.39. The van der Waals surface area contributed by atoms with Gasteiger partial charge in [0.25, 0.3) is 5.56 Å². The molecule has 0 atom stereocenters. The van der Waals surface area contributed by atoms with Gasteiger partial charge in [0.15, 0.2) is 11.6 Å². The standard InChI is InChI=1S/C24H20F2N2O5S/c1-28-13-20(18(12-24(28)29)16-7-9-32-14-16)19-10-15(6-8-27-34(30)31)2-4-22(19)33-23-5-3-17(25)11-21(23)26/h2-5,7,9-14,34H,6,8H2,1H3,(H,27,30,31). The molecule has 0 bridgehead atoms. The van der Waals surface area contributed by atoms with E-state index in [-0.39, 0.29) is 23.6 Å². The van der Waals surface area contributed by atoms with Crippen molar-refractivity contribution in [2.45, 2.75) is 6.42 Å². The number of halogens is 2. The maximum Gasteiger partial charge on any atom is 0.250 e. The van der Waals surface area contributed by atoms with E-state index in [1.807, 2.05) is 0 Å². The second-order valence-corrected chi connectivity index (χ2v) is 8.31. The van der Waals surface area contributed by atoms with Crippen LogP contribution in [0.2, 0.25) is 0 Å². The quantitative estimate of drug-likeness (QED) is 0.367. The Labute approximate surface area is 195 Å². The lowest BCUT2D eigenvalue weighted by atomic mass is 9.95. The molecule has 2 heterocycles. The highest BCUT2D eigenvalue weighted by Gasteiger charge is 2.18. The lowest BCUT2D eigenvalue weighted by Gasteiger charge is -2.17. The molecule has 0 spiro atoms. The van der Waals surface area contributed by atoms with Crippen LogP contribution >= 0.6 is 0 Å². The molecule has 0 saturated heterocycles. The van der Waals surface area contributed by atoms with Gasteiger partial charge in [-0.15, -0.1) is 0 Å². The van der Waals surface area contributed by atoms with Crippen molar-refractivity contribution in [1.29, 1.82) is 0 Å². The average Bonchev–Trinajstić information content (AvgIpc) is 3.32. The number of nitrogens with zero attached hydrogens (tertiary/aromatic N) is 1. The number of ether oxygens (including phenoxy) is 1. The number of aromatic nitrogens is 1. The van der Waals surface area contributed by atoms with Gasteiger partial charge in [-0.1, -0.05) is 6.07 Å². The van der Waals surface area contributed by atoms with Crippen LogP contribution in [0.1, 0.15) is 5.56 Å². The third kappa shape index (κ3) is 5.24. The van der Waals surface area contributed by atoms with Crippen LogP contribution in [0.4, 0.5) is 8.78 Å². The third-order valence-corrected chi connectivity index (χ3v) is 5.64. The van der Waals surface area contributed by atoms with Gasteiger partial charge in [0.2, 0.25) is 10.9 Å². The molecule has 4 aromatic rings. The van der Waals surface area contributed by atoms with Crippen LogP contribution in [0.15, 0.2) is 76.5 Å². The summed E-state index contributed by atoms with van der Waals surface area (Å²) >= 11 is 0. The first-order valence-corrected chi connectivity index (χ1v) is 11.4. The van der Waals surface area contributed by atoms with Gasteiger partial charge in [0.05, 0.1) is 12.5 Å². The van der Waals surface area contributed by atoms with Gasteiger partial charge in [-0.05, 0) is 47.9 Å². The Kier molecular flexibility index (Phi) is 6.90. The topological polar surface area (TPSA) is 90.5 Å². The van der Waals surface area contributed by atoms with Crippen LogP contribution in [0, 0.1) is 11.6 Å². The van der Waals surface area contributed by atoms with E-state index in [1.54, 1.807) is 37.5 Å². The lowest BCUT2D eigenvalue weighted by molar-refractivity contribution is 0.439. The molecule has 2 aromatic carbocycles. The van der Waals surface area contributed by atoms with Gasteiger partial charge in [-0.3, -0.25) is 4.79 Å². The minimum absolute atomic E-state index is 0.171. The van der Waals surface area contributed by atoms with E-state index < -0.39 is 22.5 Å². The van der Waals surface area contributed by atoms with Crippen LogP contribution in [0.25, 0.3) is 22.3 Å². The predicted octanol–water partition coefficient (Wildman–Crippen LogP) is 4.04. The molecule has 10 heteroatoms. The van der Waals surface area contributed by atoms with Gasteiger partial charge in [-0.2, -0.15) is 0 Å². The molecule has 34 heavy (non-hydrogen) atoms. The van der Waals surface area contributed by atoms with Crippen LogP contribution in [-0.4, -0.2) is 19.5 Å². The zero-order valence-corrected chi connectivity index (χ0v) is 18.9. The summed E-state index contributed by atoms with van der Waals surface area (Å²) in [4.78, 5) is 12.4. The molecule has 0 aliphatic rings. The summed E-state index contributed by atoms with van der Waals surface area (Å²) < 4.78 is 64.1. The Hall–Kier alpha value is -3.76. The normalized spacial score (nSPS) is 11.2. The Balaban J connectivity index is 1.86. The SMILES string of the molecule is Cn1cc(-c2cc(CCN[SH](=O)=O)ccc2Oc2ccc(F)cc2F)c(-c2ccoc2)cc1=O. The molecular formula is C24H20F2N2O5S. The summed E-state index contributed by atoms with van der Waals surface area (Å²) in [7, 11) is -1.13. The Morgan fingerprint density at radius 3 is 2.50 bits per heavy atom. The summed E-state index contributed by atoms with van der Waals surface area (Å²) in [5.41, 5.74) is 2.89. The van der Waals surface area contributed by atoms with Crippen molar-refractivity contribution in [2.24, 2.45) is 7.05 Å². The third-order valence-electron chi connectivity index (χ3n) is 5.16. The van der Waals surface area contributed by atoms with Crippen LogP contribution in [0.3, 0.4) is 0 Å². The minimum Gasteiger partial charge on any atom is -0.472 e. The number of hydrogen-bond acceptors (Lipinski definition) is 5. The molecule has 0 radical (unpaired) electrons. The second-order valence-electron chi connectivity index (χ2n) is 7.48. The first-order valence-electron chi connectivity index (χ1n) is 10.2. The molecule has 1 N–H and O–H groups in total. The van der Waals surface area contributed by atoms with E-state index in [9.17, 15) is 22.0 Å². The number of nitrogens with one attached hydrogen (secondary N) is 1. The molecule has 7 nitrogen and oxygen atoms in total.